The van der Waals surface area contributed by atoms with E-state index in [-0.39, 0.29) is 0 Å². The van der Waals surface area contributed by atoms with Crippen LogP contribution in [-0.4, -0.2) is 23.8 Å². The first-order valence-electron chi connectivity index (χ1n) is 5.72. The number of nitrogens with two attached hydrogens (primary N) is 1. The largest absolute Gasteiger partial charge is 0.389 e. The molecule has 0 amide bonds. The standard InChI is InChI=1S/C13H22N2O/c1-4-15(10-13(2,3)16)12-7-5-6-11(8-12)9-14/h5-8,16H,4,9-10,14H2,1-3H3. The van der Waals surface area contributed by atoms with Gasteiger partial charge in [0, 0.05) is 25.3 Å². The monoisotopic (exact) mass is 222 g/mol. The highest BCUT2D eigenvalue weighted by atomic mass is 16.3. The molecule has 0 saturated heterocycles. The number of hydrogen-bond acceptors (Lipinski definition) is 3. The fraction of sp³-hybridized carbons (Fsp3) is 0.538. The number of benzene rings is 1. The van der Waals surface area contributed by atoms with E-state index in [9.17, 15) is 5.11 Å². The van der Waals surface area contributed by atoms with Crippen LogP contribution < -0.4 is 10.6 Å². The minimum absolute atomic E-state index is 0.550. The average Bonchev–Trinajstić information content (AvgIpc) is 2.25. The molecule has 0 aromatic heterocycles. The molecule has 0 saturated carbocycles. The third-order valence-electron chi connectivity index (χ3n) is 2.47. The molecule has 1 rings (SSSR count). The predicted molar refractivity (Wildman–Crippen MR) is 68.5 cm³/mol. The maximum absolute atomic E-state index is 9.84. The van der Waals surface area contributed by atoms with Crippen LogP contribution in [0.15, 0.2) is 24.3 Å². The van der Waals surface area contributed by atoms with Gasteiger partial charge in [0.25, 0.3) is 0 Å². The van der Waals surface area contributed by atoms with Crippen LogP contribution in [0.25, 0.3) is 0 Å². The van der Waals surface area contributed by atoms with Gasteiger partial charge in [-0.2, -0.15) is 0 Å². The highest BCUT2D eigenvalue weighted by Gasteiger charge is 2.17. The summed E-state index contributed by atoms with van der Waals surface area (Å²) in [5.74, 6) is 0. The Kier molecular flexibility index (Phi) is 4.33. The summed E-state index contributed by atoms with van der Waals surface area (Å²) < 4.78 is 0. The zero-order valence-corrected chi connectivity index (χ0v) is 10.4. The first-order chi connectivity index (χ1) is 7.46. The summed E-state index contributed by atoms with van der Waals surface area (Å²) in [7, 11) is 0. The van der Waals surface area contributed by atoms with Crippen molar-refractivity contribution in [1.82, 2.24) is 0 Å². The Labute approximate surface area is 97.9 Å². The molecular weight excluding hydrogens is 200 g/mol. The molecule has 3 nitrogen and oxygen atoms in total. The lowest BCUT2D eigenvalue weighted by Crippen LogP contribution is -2.38. The van der Waals surface area contributed by atoms with Crippen LogP contribution in [-0.2, 0) is 6.54 Å². The number of likely N-dealkylation sites (N-methyl/N-ethyl adjacent to an activating group) is 1. The molecule has 3 N–H and O–H groups in total. The van der Waals surface area contributed by atoms with E-state index in [1.807, 2.05) is 26.0 Å². The summed E-state index contributed by atoms with van der Waals surface area (Å²) in [5.41, 5.74) is 7.17. The van der Waals surface area contributed by atoms with Crippen molar-refractivity contribution in [2.45, 2.75) is 32.9 Å². The Morgan fingerprint density at radius 3 is 2.56 bits per heavy atom. The summed E-state index contributed by atoms with van der Waals surface area (Å²) in [6.07, 6.45) is 0. The van der Waals surface area contributed by atoms with Crippen LogP contribution in [0.4, 0.5) is 5.69 Å². The van der Waals surface area contributed by atoms with E-state index in [0.717, 1.165) is 17.8 Å². The molecular formula is C13H22N2O. The normalized spacial score (nSPS) is 11.6. The van der Waals surface area contributed by atoms with Gasteiger partial charge in [0.1, 0.15) is 0 Å². The first-order valence-corrected chi connectivity index (χ1v) is 5.72. The van der Waals surface area contributed by atoms with Crippen molar-refractivity contribution >= 4 is 5.69 Å². The van der Waals surface area contributed by atoms with E-state index in [2.05, 4.69) is 24.0 Å². The van der Waals surface area contributed by atoms with Gasteiger partial charge in [-0.25, -0.2) is 0 Å². The van der Waals surface area contributed by atoms with Gasteiger partial charge in [-0.05, 0) is 38.5 Å². The fourth-order valence-corrected chi connectivity index (χ4v) is 1.73. The van der Waals surface area contributed by atoms with Crippen LogP contribution >= 0.6 is 0 Å². The second-order valence-corrected chi connectivity index (χ2v) is 4.70. The molecule has 0 radical (unpaired) electrons. The van der Waals surface area contributed by atoms with Gasteiger partial charge in [-0.1, -0.05) is 12.1 Å². The van der Waals surface area contributed by atoms with E-state index in [1.165, 1.54) is 0 Å². The van der Waals surface area contributed by atoms with Gasteiger partial charge in [-0.15, -0.1) is 0 Å². The van der Waals surface area contributed by atoms with Crippen molar-refractivity contribution in [2.24, 2.45) is 5.73 Å². The highest BCUT2D eigenvalue weighted by Crippen LogP contribution is 2.18. The number of rotatable bonds is 5. The molecule has 90 valence electrons. The van der Waals surface area contributed by atoms with Crippen molar-refractivity contribution in [3.63, 3.8) is 0 Å². The number of hydrogen-bond donors (Lipinski definition) is 2. The van der Waals surface area contributed by atoms with Crippen molar-refractivity contribution in [3.05, 3.63) is 29.8 Å². The van der Waals surface area contributed by atoms with Gasteiger partial charge in [0.05, 0.1) is 5.60 Å². The highest BCUT2D eigenvalue weighted by molar-refractivity contribution is 5.48. The summed E-state index contributed by atoms with van der Waals surface area (Å²) >= 11 is 0. The predicted octanol–water partition coefficient (Wildman–Crippen LogP) is 1.74. The van der Waals surface area contributed by atoms with Crippen molar-refractivity contribution in [3.8, 4) is 0 Å². The minimum atomic E-state index is -0.686. The SMILES string of the molecule is CCN(CC(C)(C)O)c1cccc(CN)c1. The Morgan fingerprint density at radius 1 is 1.38 bits per heavy atom. The van der Waals surface area contributed by atoms with Crippen molar-refractivity contribution in [1.29, 1.82) is 0 Å². The second-order valence-electron chi connectivity index (χ2n) is 4.70. The minimum Gasteiger partial charge on any atom is -0.389 e. The van der Waals surface area contributed by atoms with E-state index < -0.39 is 5.60 Å². The summed E-state index contributed by atoms with van der Waals surface area (Å²) in [6.45, 7) is 7.77. The molecule has 16 heavy (non-hydrogen) atoms. The van der Waals surface area contributed by atoms with Crippen molar-refractivity contribution in [2.75, 3.05) is 18.0 Å². The van der Waals surface area contributed by atoms with Gasteiger partial charge in [0.2, 0.25) is 0 Å². The van der Waals surface area contributed by atoms with Crippen LogP contribution in [0.3, 0.4) is 0 Å². The molecule has 0 bridgehead atoms. The van der Waals surface area contributed by atoms with Crippen LogP contribution in [0, 0.1) is 0 Å². The summed E-state index contributed by atoms with van der Waals surface area (Å²) in [5, 5.41) is 9.84. The second kappa shape index (κ2) is 5.32. The zero-order valence-electron chi connectivity index (χ0n) is 10.4. The summed E-state index contributed by atoms with van der Waals surface area (Å²) in [4.78, 5) is 2.15. The Bertz CT molecular complexity index is 331. The molecule has 0 aliphatic carbocycles. The summed E-state index contributed by atoms with van der Waals surface area (Å²) in [6, 6.07) is 8.15. The quantitative estimate of drug-likeness (QED) is 0.798. The maximum Gasteiger partial charge on any atom is 0.0765 e. The Balaban J connectivity index is 2.86. The number of aliphatic hydroxyl groups is 1. The van der Waals surface area contributed by atoms with Crippen molar-refractivity contribution < 1.29 is 5.11 Å². The smallest absolute Gasteiger partial charge is 0.0765 e. The molecule has 0 aliphatic heterocycles. The van der Waals surface area contributed by atoms with Gasteiger partial charge < -0.3 is 15.7 Å². The molecule has 0 unspecified atom stereocenters. The Hall–Kier alpha value is -1.06. The molecule has 0 aliphatic rings. The topological polar surface area (TPSA) is 49.5 Å². The lowest BCUT2D eigenvalue weighted by atomic mass is 10.1. The van der Waals surface area contributed by atoms with E-state index >= 15 is 0 Å². The van der Waals surface area contributed by atoms with E-state index in [0.29, 0.717) is 13.1 Å². The molecule has 3 heteroatoms. The van der Waals surface area contributed by atoms with Gasteiger partial charge >= 0.3 is 0 Å². The Morgan fingerprint density at radius 2 is 2.06 bits per heavy atom. The molecule has 1 aromatic carbocycles. The average molecular weight is 222 g/mol. The molecule has 1 aromatic rings. The third-order valence-corrected chi connectivity index (χ3v) is 2.47. The van der Waals surface area contributed by atoms with E-state index in [1.54, 1.807) is 0 Å². The van der Waals surface area contributed by atoms with Crippen LogP contribution in [0.5, 0.6) is 0 Å². The molecule has 0 fully saturated rings. The molecule has 0 spiro atoms. The van der Waals surface area contributed by atoms with Gasteiger partial charge in [0.15, 0.2) is 0 Å². The molecule has 0 heterocycles. The maximum atomic E-state index is 9.84. The number of nitrogens with zero attached hydrogens (tertiary/aromatic N) is 1. The van der Waals surface area contributed by atoms with Crippen LogP contribution in [0.2, 0.25) is 0 Å². The lowest BCUT2D eigenvalue weighted by Gasteiger charge is -2.30. The van der Waals surface area contributed by atoms with E-state index in [4.69, 9.17) is 5.73 Å². The first kappa shape index (κ1) is 13.0. The lowest BCUT2D eigenvalue weighted by molar-refractivity contribution is 0.0876. The zero-order chi connectivity index (χ0) is 12.2. The molecule has 0 atom stereocenters. The van der Waals surface area contributed by atoms with Crippen LogP contribution in [0.1, 0.15) is 26.3 Å². The third kappa shape index (κ3) is 3.83. The van der Waals surface area contributed by atoms with Gasteiger partial charge in [-0.3, -0.25) is 0 Å². The number of anilines is 1. The fourth-order valence-electron chi connectivity index (χ4n) is 1.73.